The standard InChI is InChI=1S/C14H14Cl2N4O3S/c1-6-9(15)10(16)11(18-6)12(21)19-7-2-3-20(5-7)14-17-4-8(24-14)13(22)23/h4,7,18H,2-3,5H2,1H3,(H,19,21)(H,22,23)/t7-/m0/s1. The lowest BCUT2D eigenvalue weighted by molar-refractivity contribution is 0.0701. The van der Waals surface area contributed by atoms with Crippen molar-refractivity contribution in [3.63, 3.8) is 0 Å². The SMILES string of the molecule is Cc1[nH]c(C(=O)N[C@H]2CCN(c3ncc(C(=O)O)s3)C2)c(Cl)c1Cl. The molecule has 1 atom stereocenters. The molecule has 3 heterocycles. The number of amides is 1. The van der Waals surface area contributed by atoms with Crippen LogP contribution in [0.25, 0.3) is 0 Å². The molecule has 0 unspecified atom stereocenters. The summed E-state index contributed by atoms with van der Waals surface area (Å²) in [7, 11) is 0. The molecule has 128 valence electrons. The van der Waals surface area contributed by atoms with Gasteiger partial charge in [-0.15, -0.1) is 0 Å². The van der Waals surface area contributed by atoms with Gasteiger partial charge in [-0.05, 0) is 13.3 Å². The number of anilines is 1. The van der Waals surface area contributed by atoms with Gasteiger partial charge >= 0.3 is 5.97 Å². The minimum Gasteiger partial charge on any atom is -0.477 e. The van der Waals surface area contributed by atoms with E-state index < -0.39 is 5.97 Å². The van der Waals surface area contributed by atoms with Crippen molar-refractivity contribution in [1.29, 1.82) is 0 Å². The van der Waals surface area contributed by atoms with Crippen molar-refractivity contribution >= 4 is 51.5 Å². The van der Waals surface area contributed by atoms with Gasteiger partial charge in [-0.25, -0.2) is 9.78 Å². The first-order chi connectivity index (χ1) is 11.4. The average Bonchev–Trinajstić information content (AvgIpc) is 3.23. The molecule has 1 aliphatic heterocycles. The van der Waals surface area contributed by atoms with Crippen molar-refractivity contribution in [2.75, 3.05) is 18.0 Å². The smallest absolute Gasteiger partial charge is 0.347 e. The lowest BCUT2D eigenvalue weighted by Gasteiger charge is -2.15. The number of aromatic carboxylic acids is 1. The molecule has 0 spiro atoms. The summed E-state index contributed by atoms with van der Waals surface area (Å²) in [5.74, 6) is -1.30. The number of halogens is 2. The zero-order chi connectivity index (χ0) is 17.4. The molecule has 1 fully saturated rings. The molecule has 1 saturated heterocycles. The van der Waals surface area contributed by atoms with Crippen LogP contribution in [-0.2, 0) is 0 Å². The number of hydrogen-bond acceptors (Lipinski definition) is 5. The van der Waals surface area contributed by atoms with E-state index >= 15 is 0 Å². The third-order valence-corrected chi connectivity index (χ3v) is 5.77. The van der Waals surface area contributed by atoms with E-state index in [-0.39, 0.29) is 27.5 Å². The number of thiazole rings is 1. The lowest BCUT2D eigenvalue weighted by atomic mass is 10.2. The van der Waals surface area contributed by atoms with Gasteiger partial charge in [-0.3, -0.25) is 4.79 Å². The van der Waals surface area contributed by atoms with E-state index in [4.69, 9.17) is 28.3 Å². The van der Waals surface area contributed by atoms with Crippen LogP contribution >= 0.6 is 34.5 Å². The monoisotopic (exact) mass is 388 g/mol. The molecule has 3 N–H and O–H groups in total. The Morgan fingerprint density at radius 3 is 2.79 bits per heavy atom. The van der Waals surface area contributed by atoms with Gasteiger partial charge < -0.3 is 20.3 Å². The van der Waals surface area contributed by atoms with E-state index in [2.05, 4.69) is 15.3 Å². The van der Waals surface area contributed by atoms with Crippen LogP contribution in [-0.4, -0.2) is 46.1 Å². The summed E-state index contributed by atoms with van der Waals surface area (Å²) < 4.78 is 0. The highest BCUT2D eigenvalue weighted by Gasteiger charge is 2.28. The quantitative estimate of drug-likeness (QED) is 0.747. The molecule has 0 aliphatic carbocycles. The largest absolute Gasteiger partial charge is 0.477 e. The molecular weight excluding hydrogens is 375 g/mol. The number of aromatic nitrogens is 2. The summed E-state index contributed by atoms with van der Waals surface area (Å²) in [4.78, 5) is 32.4. The number of nitrogens with zero attached hydrogens (tertiary/aromatic N) is 2. The highest BCUT2D eigenvalue weighted by molar-refractivity contribution is 7.17. The predicted octanol–water partition coefficient (Wildman–Crippen LogP) is 2.79. The van der Waals surface area contributed by atoms with E-state index in [0.29, 0.717) is 28.9 Å². The van der Waals surface area contributed by atoms with E-state index in [1.807, 2.05) is 4.90 Å². The van der Waals surface area contributed by atoms with Crippen LogP contribution in [0, 0.1) is 6.92 Å². The van der Waals surface area contributed by atoms with E-state index in [1.165, 1.54) is 6.20 Å². The number of nitrogens with one attached hydrogen (secondary N) is 2. The maximum absolute atomic E-state index is 12.3. The van der Waals surface area contributed by atoms with Crippen LogP contribution in [0.4, 0.5) is 5.13 Å². The topological polar surface area (TPSA) is 98.3 Å². The normalized spacial score (nSPS) is 17.3. The van der Waals surface area contributed by atoms with Crippen LogP contribution < -0.4 is 10.2 Å². The van der Waals surface area contributed by atoms with Gasteiger partial charge in [-0.2, -0.15) is 0 Å². The molecule has 2 aromatic rings. The molecule has 1 aliphatic rings. The number of hydrogen-bond donors (Lipinski definition) is 3. The highest BCUT2D eigenvalue weighted by Crippen LogP contribution is 2.30. The number of carboxylic acids is 1. The summed E-state index contributed by atoms with van der Waals surface area (Å²) in [5.41, 5.74) is 0.892. The van der Waals surface area contributed by atoms with Crippen molar-refractivity contribution in [2.45, 2.75) is 19.4 Å². The Morgan fingerprint density at radius 2 is 2.21 bits per heavy atom. The van der Waals surface area contributed by atoms with Crippen LogP contribution in [0.2, 0.25) is 10.0 Å². The van der Waals surface area contributed by atoms with E-state index in [0.717, 1.165) is 17.8 Å². The van der Waals surface area contributed by atoms with Crippen LogP contribution in [0.5, 0.6) is 0 Å². The number of aryl methyl sites for hydroxylation is 1. The van der Waals surface area contributed by atoms with Crippen LogP contribution in [0.15, 0.2) is 6.20 Å². The first-order valence-corrected chi connectivity index (χ1v) is 8.72. The molecule has 3 rings (SSSR count). The number of H-pyrrole nitrogens is 1. The second-order valence-electron chi connectivity index (χ2n) is 5.47. The Labute approximate surface area is 151 Å². The second kappa shape index (κ2) is 6.62. The molecular formula is C14H14Cl2N4O3S. The Morgan fingerprint density at radius 1 is 1.46 bits per heavy atom. The van der Waals surface area contributed by atoms with E-state index in [9.17, 15) is 9.59 Å². The Hall–Kier alpha value is -1.77. The first-order valence-electron chi connectivity index (χ1n) is 7.15. The summed E-state index contributed by atoms with van der Waals surface area (Å²) in [6.45, 7) is 2.99. The Kier molecular flexibility index (Phi) is 4.71. The number of rotatable bonds is 4. The van der Waals surface area contributed by atoms with Gasteiger partial charge in [0.05, 0.1) is 16.2 Å². The number of aromatic amines is 1. The maximum atomic E-state index is 12.3. The van der Waals surface area contributed by atoms with Gasteiger partial charge in [0, 0.05) is 24.8 Å². The van der Waals surface area contributed by atoms with E-state index in [1.54, 1.807) is 6.92 Å². The fourth-order valence-electron chi connectivity index (χ4n) is 2.55. The Bertz CT molecular complexity index is 804. The van der Waals surface area contributed by atoms with Crippen molar-refractivity contribution in [2.24, 2.45) is 0 Å². The minimum atomic E-state index is -0.989. The summed E-state index contributed by atoms with van der Waals surface area (Å²) in [6, 6.07) is -0.0758. The molecule has 10 heteroatoms. The number of carbonyl (C=O) groups excluding carboxylic acids is 1. The fourth-order valence-corrected chi connectivity index (χ4v) is 3.75. The molecule has 24 heavy (non-hydrogen) atoms. The van der Waals surface area contributed by atoms with Crippen molar-refractivity contribution in [1.82, 2.24) is 15.3 Å². The molecule has 1 amide bonds. The summed E-state index contributed by atoms with van der Waals surface area (Å²) in [5, 5.41) is 13.1. The number of carbonyl (C=O) groups is 2. The number of carboxylic acid groups (broad SMARTS) is 1. The van der Waals surface area contributed by atoms with Gasteiger partial charge in [0.1, 0.15) is 10.6 Å². The zero-order valence-electron chi connectivity index (χ0n) is 12.6. The van der Waals surface area contributed by atoms with Crippen LogP contribution in [0.1, 0.15) is 32.3 Å². The van der Waals surface area contributed by atoms with Crippen molar-refractivity contribution < 1.29 is 14.7 Å². The molecule has 0 saturated carbocycles. The second-order valence-corrected chi connectivity index (χ2v) is 7.24. The predicted molar refractivity (Wildman–Crippen MR) is 92.7 cm³/mol. The molecule has 0 aromatic carbocycles. The minimum absolute atomic E-state index is 0.0758. The summed E-state index contributed by atoms with van der Waals surface area (Å²) in [6.07, 6.45) is 2.08. The molecule has 2 aromatic heterocycles. The van der Waals surface area contributed by atoms with Gasteiger partial charge in [0.15, 0.2) is 5.13 Å². The molecule has 7 nitrogen and oxygen atoms in total. The first kappa shape index (κ1) is 17.1. The molecule has 0 radical (unpaired) electrons. The lowest BCUT2D eigenvalue weighted by Crippen LogP contribution is -2.37. The zero-order valence-corrected chi connectivity index (χ0v) is 14.9. The third-order valence-electron chi connectivity index (χ3n) is 3.78. The molecule has 0 bridgehead atoms. The fraction of sp³-hybridized carbons (Fsp3) is 0.357. The third kappa shape index (κ3) is 3.22. The maximum Gasteiger partial charge on any atom is 0.347 e. The van der Waals surface area contributed by atoms with Crippen LogP contribution in [0.3, 0.4) is 0 Å². The van der Waals surface area contributed by atoms with Gasteiger partial charge in [-0.1, -0.05) is 34.5 Å². The van der Waals surface area contributed by atoms with Gasteiger partial charge in [0.2, 0.25) is 0 Å². The van der Waals surface area contributed by atoms with Gasteiger partial charge in [0.25, 0.3) is 5.91 Å². The van der Waals surface area contributed by atoms with Crippen molar-refractivity contribution in [3.8, 4) is 0 Å². The Balaban J connectivity index is 1.64. The summed E-state index contributed by atoms with van der Waals surface area (Å²) >= 11 is 13.2. The van der Waals surface area contributed by atoms with Crippen molar-refractivity contribution in [3.05, 3.63) is 32.5 Å². The average molecular weight is 389 g/mol. The highest BCUT2D eigenvalue weighted by atomic mass is 35.5.